The van der Waals surface area contributed by atoms with Crippen LogP contribution in [0.2, 0.25) is 0 Å². The number of nitrogens with zero attached hydrogens (tertiary/aromatic N) is 3. The Kier molecular flexibility index (Phi) is 5.36. The Bertz CT molecular complexity index is 476. The summed E-state index contributed by atoms with van der Waals surface area (Å²) in [7, 11) is 0. The van der Waals surface area contributed by atoms with Gasteiger partial charge in [-0.1, -0.05) is 34.1 Å². The number of H-pyrrole nitrogens is 1. The molecule has 0 saturated carbocycles. The quantitative estimate of drug-likeness (QED) is 0.910. The number of hydrogen-bond donors (Lipinski definition) is 1. The highest BCUT2D eigenvalue weighted by molar-refractivity contribution is 5.90. The molecule has 5 nitrogen and oxygen atoms in total. The lowest BCUT2D eigenvalue weighted by atomic mass is 9.96. The van der Waals surface area contributed by atoms with Crippen molar-refractivity contribution >= 4 is 5.91 Å². The summed E-state index contributed by atoms with van der Waals surface area (Å²) in [5.41, 5.74) is -0.357. The van der Waals surface area contributed by atoms with Gasteiger partial charge in [0.25, 0.3) is 5.91 Å². The second-order valence-electron chi connectivity index (χ2n) is 5.95. The Labute approximate surface area is 121 Å². The molecule has 0 spiro atoms. The molecule has 1 aromatic rings. The molecule has 1 amide bonds. The number of amides is 1. The highest BCUT2D eigenvalue weighted by Crippen LogP contribution is 2.20. The minimum atomic E-state index is -4.44. The van der Waals surface area contributed by atoms with Crippen molar-refractivity contribution in [1.29, 1.82) is 0 Å². The average molecular weight is 306 g/mol. The molecule has 1 aromatic heterocycles. The second-order valence-corrected chi connectivity index (χ2v) is 5.95. The highest BCUT2D eigenvalue weighted by atomic mass is 19.4. The summed E-state index contributed by atoms with van der Waals surface area (Å²) in [6, 6.07) is 0. The molecular formula is C13H21F3N4O. The molecule has 0 aliphatic rings. The van der Waals surface area contributed by atoms with Crippen molar-refractivity contribution in [1.82, 2.24) is 20.1 Å². The van der Waals surface area contributed by atoms with Gasteiger partial charge >= 0.3 is 6.18 Å². The van der Waals surface area contributed by atoms with Crippen molar-refractivity contribution in [2.24, 2.45) is 0 Å². The van der Waals surface area contributed by atoms with Crippen LogP contribution in [0.1, 0.15) is 57.0 Å². The minimum Gasteiger partial charge on any atom is -0.327 e. The molecule has 0 radical (unpaired) electrons. The summed E-state index contributed by atoms with van der Waals surface area (Å²) in [5.74, 6) is -0.555. The predicted octanol–water partition coefficient (Wildman–Crippen LogP) is 2.91. The maximum Gasteiger partial charge on any atom is 0.406 e. The summed E-state index contributed by atoms with van der Waals surface area (Å²) < 4.78 is 37.7. The average Bonchev–Trinajstić information content (AvgIpc) is 2.81. The van der Waals surface area contributed by atoms with Crippen molar-refractivity contribution < 1.29 is 18.0 Å². The van der Waals surface area contributed by atoms with E-state index in [0.717, 1.165) is 4.90 Å². The molecule has 0 unspecified atom stereocenters. The fraction of sp³-hybridized carbons (Fsp3) is 0.769. The lowest BCUT2D eigenvalue weighted by Gasteiger charge is -2.22. The molecule has 0 aliphatic carbocycles. The van der Waals surface area contributed by atoms with E-state index in [1.807, 2.05) is 27.7 Å². The zero-order valence-electron chi connectivity index (χ0n) is 12.7. The number of unbranched alkanes of at least 4 members (excludes halogenated alkanes) is 1. The molecule has 0 saturated heterocycles. The molecule has 8 heteroatoms. The van der Waals surface area contributed by atoms with Crippen LogP contribution in [-0.4, -0.2) is 45.3 Å². The van der Waals surface area contributed by atoms with Crippen molar-refractivity contribution in [3.05, 3.63) is 11.6 Å². The van der Waals surface area contributed by atoms with Gasteiger partial charge in [-0.15, -0.1) is 5.10 Å². The van der Waals surface area contributed by atoms with Crippen molar-refractivity contribution in [2.75, 3.05) is 13.1 Å². The van der Waals surface area contributed by atoms with Crippen LogP contribution in [0.3, 0.4) is 0 Å². The third-order valence-corrected chi connectivity index (χ3v) is 2.83. The third-order valence-electron chi connectivity index (χ3n) is 2.83. The number of halogens is 3. The predicted molar refractivity (Wildman–Crippen MR) is 71.9 cm³/mol. The molecule has 1 rings (SSSR count). The molecular weight excluding hydrogens is 285 g/mol. The molecule has 21 heavy (non-hydrogen) atoms. The molecule has 1 heterocycles. The van der Waals surface area contributed by atoms with Gasteiger partial charge in [-0.2, -0.15) is 13.2 Å². The first kappa shape index (κ1) is 17.5. The highest BCUT2D eigenvalue weighted by Gasteiger charge is 2.34. The summed E-state index contributed by atoms with van der Waals surface area (Å²) in [5, 5.41) is 6.36. The molecule has 0 bridgehead atoms. The van der Waals surface area contributed by atoms with Crippen LogP contribution in [-0.2, 0) is 5.41 Å². The van der Waals surface area contributed by atoms with E-state index in [0.29, 0.717) is 18.7 Å². The molecule has 120 valence electrons. The Morgan fingerprint density at radius 2 is 1.90 bits per heavy atom. The van der Waals surface area contributed by atoms with Crippen LogP contribution in [0, 0.1) is 0 Å². The zero-order valence-corrected chi connectivity index (χ0v) is 12.7. The molecule has 0 aromatic carbocycles. The molecule has 0 atom stereocenters. The Hall–Kier alpha value is -1.60. The Morgan fingerprint density at radius 1 is 1.29 bits per heavy atom. The number of aromatic amines is 1. The Morgan fingerprint density at radius 3 is 2.33 bits per heavy atom. The van der Waals surface area contributed by atoms with Crippen LogP contribution in [0.5, 0.6) is 0 Å². The normalized spacial score (nSPS) is 12.5. The minimum absolute atomic E-state index is 0.0359. The SMILES string of the molecule is CCCCN(CC(F)(F)F)C(=O)c1n[nH]c(C(C)(C)C)n1. The fourth-order valence-corrected chi connectivity index (χ4v) is 1.65. The lowest BCUT2D eigenvalue weighted by Crippen LogP contribution is -2.40. The van der Waals surface area contributed by atoms with E-state index in [1.54, 1.807) is 0 Å². The van der Waals surface area contributed by atoms with E-state index < -0.39 is 18.6 Å². The van der Waals surface area contributed by atoms with Gasteiger partial charge in [0.15, 0.2) is 0 Å². The van der Waals surface area contributed by atoms with Crippen molar-refractivity contribution in [3.8, 4) is 0 Å². The number of carbonyl (C=O) groups excluding carboxylic acids is 1. The number of aromatic nitrogens is 3. The van der Waals surface area contributed by atoms with Crippen LogP contribution in [0.25, 0.3) is 0 Å². The summed E-state index contributed by atoms with van der Waals surface area (Å²) in [6.45, 7) is 6.20. The monoisotopic (exact) mass is 306 g/mol. The van der Waals surface area contributed by atoms with Gasteiger partial charge in [-0.25, -0.2) is 4.98 Å². The fourth-order valence-electron chi connectivity index (χ4n) is 1.65. The van der Waals surface area contributed by atoms with Gasteiger partial charge in [-0.3, -0.25) is 9.89 Å². The maximum absolute atomic E-state index is 12.6. The van der Waals surface area contributed by atoms with Crippen LogP contribution in [0.15, 0.2) is 0 Å². The van der Waals surface area contributed by atoms with Gasteiger partial charge in [0.1, 0.15) is 12.4 Å². The molecule has 0 fully saturated rings. The number of rotatable bonds is 5. The molecule has 0 aliphatic heterocycles. The number of hydrogen-bond acceptors (Lipinski definition) is 3. The Balaban J connectivity index is 2.91. The van der Waals surface area contributed by atoms with Gasteiger partial charge in [0.05, 0.1) is 0 Å². The van der Waals surface area contributed by atoms with E-state index in [9.17, 15) is 18.0 Å². The lowest BCUT2D eigenvalue weighted by molar-refractivity contribution is -0.140. The van der Waals surface area contributed by atoms with Gasteiger partial charge in [0, 0.05) is 12.0 Å². The van der Waals surface area contributed by atoms with Gasteiger partial charge in [0.2, 0.25) is 5.82 Å². The van der Waals surface area contributed by atoms with Gasteiger partial charge in [-0.05, 0) is 6.42 Å². The van der Waals surface area contributed by atoms with E-state index in [1.165, 1.54) is 0 Å². The zero-order chi connectivity index (χ0) is 16.3. The van der Waals surface area contributed by atoms with E-state index in [2.05, 4.69) is 15.2 Å². The second kappa shape index (κ2) is 6.44. The summed E-state index contributed by atoms with van der Waals surface area (Å²) >= 11 is 0. The van der Waals surface area contributed by atoms with E-state index in [4.69, 9.17) is 0 Å². The van der Waals surface area contributed by atoms with E-state index in [-0.39, 0.29) is 17.8 Å². The first-order valence-electron chi connectivity index (χ1n) is 6.83. The maximum atomic E-state index is 12.6. The van der Waals surface area contributed by atoms with Crippen LogP contribution < -0.4 is 0 Å². The van der Waals surface area contributed by atoms with Crippen molar-refractivity contribution in [3.63, 3.8) is 0 Å². The topological polar surface area (TPSA) is 61.9 Å². The van der Waals surface area contributed by atoms with Crippen LogP contribution in [0.4, 0.5) is 13.2 Å². The first-order valence-corrected chi connectivity index (χ1v) is 6.83. The van der Waals surface area contributed by atoms with E-state index >= 15 is 0 Å². The summed E-state index contributed by atoms with van der Waals surface area (Å²) in [6.07, 6.45) is -3.24. The number of carbonyl (C=O) groups is 1. The number of nitrogens with one attached hydrogen (secondary N) is 1. The summed E-state index contributed by atoms with van der Waals surface area (Å²) in [4.78, 5) is 16.9. The number of alkyl halides is 3. The smallest absolute Gasteiger partial charge is 0.327 e. The molecule has 1 N–H and O–H groups in total. The van der Waals surface area contributed by atoms with Crippen LogP contribution >= 0.6 is 0 Å². The first-order chi connectivity index (χ1) is 9.54. The van der Waals surface area contributed by atoms with Crippen molar-refractivity contribution in [2.45, 2.75) is 52.1 Å². The third kappa shape index (κ3) is 5.35. The van der Waals surface area contributed by atoms with Gasteiger partial charge < -0.3 is 4.90 Å². The largest absolute Gasteiger partial charge is 0.406 e. The standard InChI is InChI=1S/C13H21F3N4O/c1-5-6-7-20(8-13(14,15)16)10(21)9-17-11(19-18-9)12(2,3)4/h5-8H2,1-4H3,(H,17,18,19).